The molecular formula is C14H20ClN3S. The summed E-state index contributed by atoms with van der Waals surface area (Å²) in [5.74, 6) is 0. The van der Waals surface area contributed by atoms with Crippen LogP contribution >= 0.6 is 23.8 Å². The third-order valence-electron chi connectivity index (χ3n) is 3.43. The fourth-order valence-corrected chi connectivity index (χ4v) is 2.59. The summed E-state index contributed by atoms with van der Waals surface area (Å²) < 4.78 is 0. The minimum atomic E-state index is 0.375. The number of benzene rings is 1. The molecule has 0 atom stereocenters. The fourth-order valence-electron chi connectivity index (χ4n) is 2.25. The molecule has 1 aliphatic rings. The standard InChI is InChI=1S/C14H20ClN3S/c1-2-18(11-4-5-11)8-7-17-13-6-3-10(15)9-12(13)14(16)19/h3,6,9,11,17H,2,4-5,7-8H2,1H3,(H2,16,19). The van der Waals surface area contributed by atoms with Gasteiger partial charge in [0.05, 0.1) is 0 Å². The average molecular weight is 298 g/mol. The molecule has 0 bridgehead atoms. The van der Waals surface area contributed by atoms with Crippen molar-refractivity contribution in [1.29, 1.82) is 0 Å². The molecule has 0 amide bonds. The van der Waals surface area contributed by atoms with Crippen LogP contribution in [-0.4, -0.2) is 35.6 Å². The minimum Gasteiger partial charge on any atom is -0.389 e. The van der Waals surface area contributed by atoms with Gasteiger partial charge in [0.15, 0.2) is 0 Å². The Kier molecular flexibility index (Phi) is 5.02. The molecule has 3 N–H and O–H groups in total. The van der Waals surface area contributed by atoms with E-state index in [-0.39, 0.29) is 0 Å². The highest BCUT2D eigenvalue weighted by Gasteiger charge is 2.27. The molecule has 1 fully saturated rings. The van der Waals surface area contributed by atoms with Crippen molar-refractivity contribution in [2.24, 2.45) is 5.73 Å². The van der Waals surface area contributed by atoms with E-state index >= 15 is 0 Å². The second-order valence-corrected chi connectivity index (χ2v) is 5.72. The summed E-state index contributed by atoms with van der Waals surface area (Å²) in [6, 6.07) is 6.39. The van der Waals surface area contributed by atoms with Crippen LogP contribution in [0.4, 0.5) is 5.69 Å². The van der Waals surface area contributed by atoms with Crippen molar-refractivity contribution in [3.05, 3.63) is 28.8 Å². The summed E-state index contributed by atoms with van der Waals surface area (Å²) in [5.41, 5.74) is 7.50. The van der Waals surface area contributed by atoms with E-state index in [9.17, 15) is 0 Å². The summed E-state index contributed by atoms with van der Waals surface area (Å²) in [4.78, 5) is 2.88. The quantitative estimate of drug-likeness (QED) is 0.760. The van der Waals surface area contributed by atoms with Crippen molar-refractivity contribution in [2.45, 2.75) is 25.8 Å². The Morgan fingerprint density at radius 1 is 1.53 bits per heavy atom. The molecule has 2 rings (SSSR count). The molecule has 19 heavy (non-hydrogen) atoms. The van der Waals surface area contributed by atoms with Gasteiger partial charge in [-0.15, -0.1) is 0 Å². The molecule has 104 valence electrons. The summed E-state index contributed by atoms with van der Waals surface area (Å²) in [6.45, 7) is 5.25. The molecule has 1 aromatic carbocycles. The van der Waals surface area contributed by atoms with Crippen LogP contribution in [0.1, 0.15) is 25.3 Å². The van der Waals surface area contributed by atoms with Crippen LogP contribution in [-0.2, 0) is 0 Å². The second kappa shape index (κ2) is 6.55. The Morgan fingerprint density at radius 3 is 2.84 bits per heavy atom. The highest BCUT2D eigenvalue weighted by atomic mass is 35.5. The van der Waals surface area contributed by atoms with Crippen LogP contribution in [0.25, 0.3) is 0 Å². The van der Waals surface area contributed by atoms with Gasteiger partial charge < -0.3 is 11.1 Å². The smallest absolute Gasteiger partial charge is 0.106 e. The maximum atomic E-state index is 5.97. The van der Waals surface area contributed by atoms with Crippen molar-refractivity contribution in [2.75, 3.05) is 25.0 Å². The molecule has 5 heteroatoms. The molecule has 0 spiro atoms. The van der Waals surface area contributed by atoms with Gasteiger partial charge in [0.1, 0.15) is 4.99 Å². The fraction of sp³-hybridized carbons (Fsp3) is 0.500. The van der Waals surface area contributed by atoms with E-state index in [1.165, 1.54) is 12.8 Å². The number of nitrogens with one attached hydrogen (secondary N) is 1. The molecule has 1 aromatic rings. The van der Waals surface area contributed by atoms with Crippen molar-refractivity contribution in [3.63, 3.8) is 0 Å². The lowest BCUT2D eigenvalue weighted by Gasteiger charge is -2.20. The largest absolute Gasteiger partial charge is 0.389 e. The summed E-state index contributed by atoms with van der Waals surface area (Å²) in [7, 11) is 0. The Hall–Kier alpha value is -0.840. The minimum absolute atomic E-state index is 0.375. The zero-order valence-corrected chi connectivity index (χ0v) is 12.7. The maximum Gasteiger partial charge on any atom is 0.106 e. The topological polar surface area (TPSA) is 41.3 Å². The molecule has 0 unspecified atom stereocenters. The lowest BCUT2D eigenvalue weighted by Crippen LogP contribution is -2.31. The van der Waals surface area contributed by atoms with Crippen LogP contribution in [0.15, 0.2) is 18.2 Å². The molecule has 1 saturated carbocycles. The van der Waals surface area contributed by atoms with Gasteiger partial charge in [-0.1, -0.05) is 30.7 Å². The predicted octanol–water partition coefficient (Wildman–Crippen LogP) is 2.87. The molecule has 0 radical (unpaired) electrons. The summed E-state index contributed by atoms with van der Waals surface area (Å²) in [5, 5.41) is 4.06. The number of nitrogens with zero attached hydrogens (tertiary/aromatic N) is 1. The number of hydrogen-bond donors (Lipinski definition) is 2. The van der Waals surface area contributed by atoms with Crippen molar-refractivity contribution < 1.29 is 0 Å². The molecule has 0 aromatic heterocycles. The van der Waals surface area contributed by atoms with Crippen molar-refractivity contribution >= 4 is 34.5 Å². The number of likely N-dealkylation sites (N-methyl/N-ethyl adjacent to an activating group) is 1. The van der Waals surface area contributed by atoms with Gasteiger partial charge in [0, 0.05) is 35.4 Å². The number of thiocarbonyl (C=S) groups is 1. The van der Waals surface area contributed by atoms with Gasteiger partial charge in [-0.25, -0.2) is 0 Å². The molecule has 0 heterocycles. The highest BCUT2D eigenvalue weighted by molar-refractivity contribution is 7.80. The van der Waals surface area contributed by atoms with E-state index < -0.39 is 0 Å². The van der Waals surface area contributed by atoms with Crippen molar-refractivity contribution in [3.8, 4) is 0 Å². The second-order valence-electron chi connectivity index (χ2n) is 4.84. The monoisotopic (exact) mass is 297 g/mol. The van der Waals surface area contributed by atoms with E-state index in [4.69, 9.17) is 29.6 Å². The van der Waals surface area contributed by atoms with Crippen LogP contribution in [0.3, 0.4) is 0 Å². The molecule has 3 nitrogen and oxygen atoms in total. The van der Waals surface area contributed by atoms with Crippen molar-refractivity contribution in [1.82, 2.24) is 4.90 Å². The molecule has 0 saturated heterocycles. The Bertz CT molecular complexity index is 460. The number of halogens is 1. The third kappa shape index (κ3) is 4.06. The maximum absolute atomic E-state index is 5.97. The van der Waals surface area contributed by atoms with Gasteiger partial charge in [-0.3, -0.25) is 4.90 Å². The number of rotatable bonds is 7. The Morgan fingerprint density at radius 2 is 2.26 bits per heavy atom. The van der Waals surface area contributed by atoms with Gasteiger partial charge in [0.25, 0.3) is 0 Å². The lowest BCUT2D eigenvalue weighted by atomic mass is 10.1. The first-order chi connectivity index (χ1) is 9.11. The Labute approximate surface area is 125 Å². The predicted molar refractivity (Wildman–Crippen MR) is 86.1 cm³/mol. The van der Waals surface area contributed by atoms with E-state index in [0.29, 0.717) is 10.0 Å². The van der Waals surface area contributed by atoms with Gasteiger partial charge in [-0.05, 0) is 37.6 Å². The molecule has 0 aliphatic heterocycles. The van der Waals surface area contributed by atoms with Crippen LogP contribution in [0, 0.1) is 0 Å². The lowest BCUT2D eigenvalue weighted by molar-refractivity contribution is 0.289. The highest BCUT2D eigenvalue weighted by Crippen LogP contribution is 2.26. The van der Waals surface area contributed by atoms with Crippen LogP contribution < -0.4 is 11.1 Å². The number of hydrogen-bond acceptors (Lipinski definition) is 3. The molecular weight excluding hydrogens is 278 g/mol. The zero-order chi connectivity index (χ0) is 13.8. The SMILES string of the molecule is CCN(CCNc1ccc(Cl)cc1C(N)=S)C1CC1. The number of nitrogens with two attached hydrogens (primary N) is 1. The Balaban J connectivity index is 1.93. The van der Waals surface area contributed by atoms with Crippen LogP contribution in [0.2, 0.25) is 5.02 Å². The van der Waals surface area contributed by atoms with E-state index in [1.807, 2.05) is 18.2 Å². The van der Waals surface area contributed by atoms with E-state index in [2.05, 4.69) is 17.1 Å². The van der Waals surface area contributed by atoms with Gasteiger partial charge >= 0.3 is 0 Å². The van der Waals surface area contributed by atoms with Gasteiger partial charge in [0.2, 0.25) is 0 Å². The first-order valence-electron chi connectivity index (χ1n) is 6.69. The first kappa shape index (κ1) is 14.6. The summed E-state index contributed by atoms with van der Waals surface area (Å²) >= 11 is 11.0. The normalized spacial score (nSPS) is 14.7. The van der Waals surface area contributed by atoms with Crippen LogP contribution in [0.5, 0.6) is 0 Å². The summed E-state index contributed by atoms with van der Waals surface area (Å²) in [6.07, 6.45) is 2.68. The molecule has 1 aliphatic carbocycles. The van der Waals surface area contributed by atoms with Gasteiger partial charge in [-0.2, -0.15) is 0 Å². The first-order valence-corrected chi connectivity index (χ1v) is 7.47. The van der Waals surface area contributed by atoms with E-state index in [1.54, 1.807) is 0 Å². The third-order valence-corrected chi connectivity index (χ3v) is 3.89. The average Bonchev–Trinajstić information content (AvgIpc) is 3.20. The van der Waals surface area contributed by atoms with E-state index in [0.717, 1.165) is 36.9 Å². The zero-order valence-electron chi connectivity index (χ0n) is 11.2. The number of anilines is 1.